The number of fused-ring (bicyclic) bond motifs is 1. The number of benzene rings is 2. The molecule has 0 radical (unpaired) electrons. The third kappa shape index (κ3) is 4.75. The second kappa shape index (κ2) is 9.81. The van der Waals surface area contributed by atoms with Crippen LogP contribution >= 0.6 is 0 Å². The van der Waals surface area contributed by atoms with Crippen molar-refractivity contribution in [3.63, 3.8) is 0 Å². The first kappa shape index (κ1) is 22.3. The van der Waals surface area contributed by atoms with E-state index in [9.17, 15) is 4.79 Å². The van der Waals surface area contributed by atoms with Gasteiger partial charge < -0.3 is 19.3 Å². The summed E-state index contributed by atoms with van der Waals surface area (Å²) in [6.07, 6.45) is 1.42. The van der Waals surface area contributed by atoms with Crippen LogP contribution in [0.25, 0.3) is 0 Å². The number of aryl methyl sites for hydroxylation is 1. The quantitative estimate of drug-likeness (QED) is 0.584. The minimum atomic E-state index is 0.0186. The Morgan fingerprint density at radius 2 is 1.85 bits per heavy atom. The van der Waals surface area contributed by atoms with Gasteiger partial charge in [0, 0.05) is 43.6 Å². The number of anilines is 1. The van der Waals surface area contributed by atoms with Gasteiger partial charge in [0.25, 0.3) is 5.91 Å². The van der Waals surface area contributed by atoms with Crippen LogP contribution in [0.1, 0.15) is 38.6 Å². The molecule has 0 N–H and O–H groups in total. The van der Waals surface area contributed by atoms with Crippen LogP contribution in [0.2, 0.25) is 0 Å². The number of hydrogen-bond donors (Lipinski definition) is 0. The molecule has 0 atom stereocenters. The van der Waals surface area contributed by atoms with Crippen LogP contribution in [0.3, 0.4) is 0 Å². The molecule has 1 aromatic heterocycles. The summed E-state index contributed by atoms with van der Waals surface area (Å²) in [5, 5.41) is 0. The maximum atomic E-state index is 13.2. The summed E-state index contributed by atoms with van der Waals surface area (Å²) in [6, 6.07) is 15.8. The van der Waals surface area contributed by atoms with Gasteiger partial charge in [-0.1, -0.05) is 29.8 Å². The molecule has 2 aliphatic heterocycles. The third-order valence-electron chi connectivity index (χ3n) is 6.46. The van der Waals surface area contributed by atoms with E-state index in [0.29, 0.717) is 38.3 Å². The molecule has 3 heterocycles. The zero-order valence-corrected chi connectivity index (χ0v) is 19.8. The number of aromatic nitrogens is 2. The summed E-state index contributed by atoms with van der Waals surface area (Å²) in [4.78, 5) is 27.4. The van der Waals surface area contributed by atoms with Crippen LogP contribution in [0.15, 0.2) is 48.5 Å². The number of carbonyl (C=O) groups excluding carboxylic acids is 1. The first-order valence-electron chi connectivity index (χ1n) is 11.8. The van der Waals surface area contributed by atoms with Gasteiger partial charge in [-0.2, -0.15) is 0 Å². The average molecular weight is 459 g/mol. The Bertz CT molecular complexity index is 1170. The van der Waals surface area contributed by atoms with E-state index in [4.69, 9.17) is 19.4 Å². The second-order valence-corrected chi connectivity index (χ2v) is 8.86. The highest BCUT2D eigenvalue weighted by molar-refractivity contribution is 5.94. The minimum absolute atomic E-state index is 0.0186. The largest absolute Gasteiger partial charge is 0.497 e. The number of amides is 1. The predicted molar refractivity (Wildman–Crippen MR) is 130 cm³/mol. The molecule has 2 aromatic carbocycles. The van der Waals surface area contributed by atoms with Crippen LogP contribution in [0.5, 0.6) is 5.75 Å². The molecule has 1 fully saturated rings. The Labute approximate surface area is 200 Å². The van der Waals surface area contributed by atoms with Gasteiger partial charge in [0.05, 0.1) is 32.6 Å². The second-order valence-electron chi connectivity index (χ2n) is 8.86. The van der Waals surface area contributed by atoms with E-state index in [1.54, 1.807) is 7.11 Å². The lowest BCUT2D eigenvalue weighted by Crippen LogP contribution is -2.41. The molecule has 0 saturated carbocycles. The van der Waals surface area contributed by atoms with E-state index in [-0.39, 0.29) is 5.91 Å². The number of ether oxygens (including phenoxy) is 2. The molecule has 1 amide bonds. The Morgan fingerprint density at radius 1 is 1.06 bits per heavy atom. The van der Waals surface area contributed by atoms with Crippen LogP contribution in [0.4, 0.5) is 5.82 Å². The third-order valence-corrected chi connectivity index (χ3v) is 6.46. The SMILES string of the molecule is COc1ccc(C(=O)N2CCc3nc(Cc4cccc(C)c4)nc(N4CCOCC4)c3C2)cc1. The smallest absolute Gasteiger partial charge is 0.254 e. The molecule has 0 bridgehead atoms. The van der Waals surface area contributed by atoms with Crippen LogP contribution in [-0.4, -0.2) is 60.7 Å². The fraction of sp³-hybridized carbons (Fsp3) is 0.370. The summed E-state index contributed by atoms with van der Waals surface area (Å²) >= 11 is 0. The molecular weight excluding hydrogens is 428 g/mol. The molecule has 176 valence electrons. The van der Waals surface area contributed by atoms with E-state index in [1.165, 1.54) is 11.1 Å². The number of morpholine rings is 1. The molecule has 7 heteroatoms. The van der Waals surface area contributed by atoms with Gasteiger partial charge >= 0.3 is 0 Å². The van der Waals surface area contributed by atoms with Crippen molar-refractivity contribution in [2.75, 3.05) is 44.9 Å². The lowest BCUT2D eigenvalue weighted by Gasteiger charge is -2.34. The van der Waals surface area contributed by atoms with Gasteiger partial charge in [0.2, 0.25) is 0 Å². The van der Waals surface area contributed by atoms with Gasteiger partial charge in [0.15, 0.2) is 0 Å². The molecule has 3 aromatic rings. The number of hydrogen-bond acceptors (Lipinski definition) is 6. The van der Waals surface area contributed by atoms with Gasteiger partial charge in [0.1, 0.15) is 17.4 Å². The molecule has 5 rings (SSSR count). The summed E-state index contributed by atoms with van der Waals surface area (Å²) in [7, 11) is 1.62. The molecule has 0 aliphatic carbocycles. The fourth-order valence-corrected chi connectivity index (χ4v) is 4.66. The highest BCUT2D eigenvalue weighted by atomic mass is 16.5. The van der Waals surface area contributed by atoms with Crippen molar-refractivity contribution < 1.29 is 14.3 Å². The lowest BCUT2D eigenvalue weighted by molar-refractivity contribution is 0.0733. The molecule has 0 unspecified atom stereocenters. The highest BCUT2D eigenvalue weighted by Crippen LogP contribution is 2.29. The lowest BCUT2D eigenvalue weighted by atomic mass is 10.0. The summed E-state index contributed by atoms with van der Waals surface area (Å²) in [5.41, 5.74) is 5.21. The van der Waals surface area contributed by atoms with Crippen molar-refractivity contribution in [2.24, 2.45) is 0 Å². The van der Waals surface area contributed by atoms with Gasteiger partial charge in [-0.3, -0.25) is 4.79 Å². The highest BCUT2D eigenvalue weighted by Gasteiger charge is 2.29. The standard InChI is InChI=1S/C27H30N4O3/c1-19-4-3-5-20(16-19)17-25-28-24-10-11-31(27(32)21-6-8-22(33-2)9-7-21)18-23(24)26(29-25)30-12-14-34-15-13-30/h3-9,16H,10-15,17-18H2,1-2H3. The molecule has 34 heavy (non-hydrogen) atoms. The van der Waals surface area contributed by atoms with Crippen LogP contribution in [0, 0.1) is 6.92 Å². The van der Waals surface area contributed by atoms with Gasteiger partial charge in [-0.25, -0.2) is 9.97 Å². The maximum absolute atomic E-state index is 13.2. The van der Waals surface area contributed by atoms with Crippen molar-refractivity contribution in [1.29, 1.82) is 0 Å². The summed E-state index contributed by atoms with van der Waals surface area (Å²) < 4.78 is 10.8. The van der Waals surface area contributed by atoms with Crippen molar-refractivity contribution in [1.82, 2.24) is 14.9 Å². The minimum Gasteiger partial charge on any atom is -0.497 e. The van der Waals surface area contributed by atoms with Crippen molar-refractivity contribution in [3.8, 4) is 5.75 Å². The zero-order chi connectivity index (χ0) is 23.5. The average Bonchev–Trinajstić information content (AvgIpc) is 2.88. The normalized spacial score (nSPS) is 15.7. The number of rotatable bonds is 5. The Kier molecular flexibility index (Phi) is 6.45. The topological polar surface area (TPSA) is 67.8 Å². The molecular formula is C27H30N4O3. The first-order valence-corrected chi connectivity index (χ1v) is 11.8. The number of nitrogens with zero attached hydrogens (tertiary/aromatic N) is 4. The van der Waals surface area contributed by atoms with Crippen LogP contribution < -0.4 is 9.64 Å². The van der Waals surface area contributed by atoms with E-state index >= 15 is 0 Å². The van der Waals surface area contributed by atoms with E-state index < -0.39 is 0 Å². The zero-order valence-electron chi connectivity index (χ0n) is 19.8. The summed E-state index contributed by atoms with van der Waals surface area (Å²) in [6.45, 7) is 6.20. The number of methoxy groups -OCH3 is 1. The first-order chi connectivity index (χ1) is 16.6. The van der Waals surface area contributed by atoms with Crippen molar-refractivity contribution in [3.05, 3.63) is 82.3 Å². The summed E-state index contributed by atoms with van der Waals surface area (Å²) in [5.74, 6) is 2.54. The van der Waals surface area contributed by atoms with E-state index in [2.05, 4.69) is 36.1 Å². The molecule has 2 aliphatic rings. The number of carbonyl (C=O) groups is 1. The van der Waals surface area contributed by atoms with E-state index in [0.717, 1.165) is 48.2 Å². The van der Waals surface area contributed by atoms with Gasteiger partial charge in [-0.15, -0.1) is 0 Å². The van der Waals surface area contributed by atoms with Crippen molar-refractivity contribution in [2.45, 2.75) is 26.3 Å². The van der Waals surface area contributed by atoms with Crippen molar-refractivity contribution >= 4 is 11.7 Å². The van der Waals surface area contributed by atoms with Gasteiger partial charge in [-0.05, 0) is 36.8 Å². The monoisotopic (exact) mass is 458 g/mol. The Balaban J connectivity index is 1.45. The maximum Gasteiger partial charge on any atom is 0.254 e. The Morgan fingerprint density at radius 3 is 2.59 bits per heavy atom. The fourth-order valence-electron chi connectivity index (χ4n) is 4.66. The molecule has 1 saturated heterocycles. The van der Waals surface area contributed by atoms with E-state index in [1.807, 2.05) is 29.2 Å². The molecule has 7 nitrogen and oxygen atoms in total. The molecule has 0 spiro atoms. The Hall–Kier alpha value is -3.45. The predicted octanol–water partition coefficient (Wildman–Crippen LogP) is 3.42. The van der Waals surface area contributed by atoms with Crippen LogP contribution in [-0.2, 0) is 24.1 Å².